The molecule has 1 aliphatic carbocycles. The third-order valence-electron chi connectivity index (χ3n) is 4.07. The largest absolute Gasteiger partial charge is 0.493 e. The molecule has 3 nitrogen and oxygen atoms in total. The van der Waals surface area contributed by atoms with E-state index < -0.39 is 0 Å². The minimum absolute atomic E-state index is 0.170. The molecular weight excluding hydrogens is 214 g/mol. The lowest BCUT2D eigenvalue weighted by Crippen LogP contribution is -2.42. The van der Waals surface area contributed by atoms with E-state index in [9.17, 15) is 0 Å². The normalized spacial score (nSPS) is 17.4. The molecule has 0 aromatic heterocycles. The van der Waals surface area contributed by atoms with Crippen molar-refractivity contribution in [1.82, 2.24) is 0 Å². The fraction of sp³-hybridized carbons (Fsp3) is 0.571. The first kappa shape index (κ1) is 12.2. The van der Waals surface area contributed by atoms with E-state index in [4.69, 9.17) is 15.2 Å². The maximum absolute atomic E-state index is 5.96. The smallest absolute Gasteiger partial charge is 0.163 e. The lowest BCUT2D eigenvalue weighted by atomic mass is 9.63. The topological polar surface area (TPSA) is 44.5 Å². The Morgan fingerprint density at radius 2 is 1.94 bits per heavy atom. The molecule has 0 amide bonds. The van der Waals surface area contributed by atoms with Crippen molar-refractivity contribution in [1.29, 1.82) is 0 Å². The summed E-state index contributed by atoms with van der Waals surface area (Å²) in [6.07, 6.45) is 3.63. The van der Waals surface area contributed by atoms with Crippen molar-refractivity contribution in [3.05, 3.63) is 23.3 Å². The summed E-state index contributed by atoms with van der Waals surface area (Å²) in [5, 5.41) is 0. The van der Waals surface area contributed by atoms with Crippen molar-refractivity contribution < 1.29 is 9.47 Å². The molecule has 1 aromatic carbocycles. The summed E-state index contributed by atoms with van der Waals surface area (Å²) in [6.45, 7) is 2.80. The van der Waals surface area contributed by atoms with Gasteiger partial charge in [0.15, 0.2) is 11.5 Å². The highest BCUT2D eigenvalue weighted by molar-refractivity contribution is 5.53. The average molecular weight is 235 g/mol. The Kier molecular flexibility index (Phi) is 3.29. The molecule has 0 atom stereocenters. The Morgan fingerprint density at radius 1 is 1.24 bits per heavy atom. The van der Waals surface area contributed by atoms with Crippen LogP contribution >= 0.6 is 0 Å². The van der Waals surface area contributed by atoms with Gasteiger partial charge in [-0.15, -0.1) is 0 Å². The van der Waals surface area contributed by atoms with Gasteiger partial charge in [0.1, 0.15) is 0 Å². The van der Waals surface area contributed by atoms with Gasteiger partial charge in [-0.1, -0.05) is 12.5 Å². The highest BCUT2D eigenvalue weighted by atomic mass is 16.5. The molecule has 0 radical (unpaired) electrons. The van der Waals surface area contributed by atoms with Crippen LogP contribution < -0.4 is 15.2 Å². The van der Waals surface area contributed by atoms with Gasteiger partial charge < -0.3 is 15.2 Å². The molecule has 0 aliphatic heterocycles. The van der Waals surface area contributed by atoms with Crippen LogP contribution in [-0.4, -0.2) is 20.8 Å². The fourth-order valence-electron chi connectivity index (χ4n) is 2.84. The number of ether oxygens (including phenoxy) is 2. The number of benzene rings is 1. The van der Waals surface area contributed by atoms with Crippen LogP contribution in [-0.2, 0) is 5.41 Å². The average Bonchev–Trinajstić information content (AvgIpc) is 2.30. The Bertz CT molecular complexity index is 405. The minimum Gasteiger partial charge on any atom is -0.493 e. The van der Waals surface area contributed by atoms with Crippen molar-refractivity contribution in [2.24, 2.45) is 5.73 Å². The van der Waals surface area contributed by atoms with E-state index in [0.717, 1.165) is 17.1 Å². The first-order valence-corrected chi connectivity index (χ1v) is 6.10. The zero-order chi connectivity index (χ0) is 12.5. The van der Waals surface area contributed by atoms with Crippen LogP contribution in [0.3, 0.4) is 0 Å². The lowest BCUT2D eigenvalue weighted by Gasteiger charge is -2.42. The maximum Gasteiger partial charge on any atom is 0.163 e. The lowest BCUT2D eigenvalue weighted by molar-refractivity contribution is 0.250. The van der Waals surface area contributed by atoms with Gasteiger partial charge in [0, 0.05) is 12.0 Å². The van der Waals surface area contributed by atoms with Crippen molar-refractivity contribution in [3.63, 3.8) is 0 Å². The molecule has 0 spiro atoms. The molecule has 1 fully saturated rings. The SMILES string of the molecule is COc1ccc(C2(CN)CCC2)c(C)c1OC. The summed E-state index contributed by atoms with van der Waals surface area (Å²) in [5.41, 5.74) is 8.62. The Morgan fingerprint density at radius 3 is 2.35 bits per heavy atom. The van der Waals surface area contributed by atoms with E-state index in [1.54, 1.807) is 14.2 Å². The van der Waals surface area contributed by atoms with Gasteiger partial charge in [0.25, 0.3) is 0 Å². The van der Waals surface area contributed by atoms with E-state index in [1.165, 1.54) is 24.8 Å². The van der Waals surface area contributed by atoms with Gasteiger partial charge in [-0.3, -0.25) is 0 Å². The monoisotopic (exact) mass is 235 g/mol. The summed E-state index contributed by atoms with van der Waals surface area (Å²) in [6, 6.07) is 4.12. The van der Waals surface area contributed by atoms with Crippen molar-refractivity contribution in [3.8, 4) is 11.5 Å². The first-order valence-electron chi connectivity index (χ1n) is 6.10. The highest BCUT2D eigenvalue weighted by Gasteiger charge is 2.39. The van der Waals surface area contributed by atoms with Gasteiger partial charge >= 0.3 is 0 Å². The quantitative estimate of drug-likeness (QED) is 0.871. The molecule has 2 rings (SSSR count). The van der Waals surface area contributed by atoms with Crippen molar-refractivity contribution >= 4 is 0 Å². The molecule has 17 heavy (non-hydrogen) atoms. The Balaban J connectivity index is 2.49. The number of methoxy groups -OCH3 is 2. The minimum atomic E-state index is 0.170. The van der Waals surface area contributed by atoms with Gasteiger partial charge in [0.2, 0.25) is 0 Å². The summed E-state index contributed by atoms with van der Waals surface area (Å²) in [5.74, 6) is 1.63. The predicted molar refractivity (Wildman–Crippen MR) is 68.9 cm³/mol. The summed E-state index contributed by atoms with van der Waals surface area (Å²) >= 11 is 0. The Hall–Kier alpha value is -1.22. The highest BCUT2D eigenvalue weighted by Crippen LogP contribution is 2.47. The summed E-state index contributed by atoms with van der Waals surface area (Å²) in [4.78, 5) is 0. The predicted octanol–water partition coefficient (Wildman–Crippen LogP) is 2.39. The van der Waals surface area contributed by atoms with Gasteiger partial charge in [-0.05, 0) is 37.0 Å². The van der Waals surface area contributed by atoms with E-state index in [2.05, 4.69) is 13.0 Å². The van der Waals surface area contributed by atoms with E-state index in [1.807, 2.05) is 6.07 Å². The molecule has 0 saturated heterocycles. The molecule has 3 heteroatoms. The van der Waals surface area contributed by atoms with Crippen LogP contribution in [0.25, 0.3) is 0 Å². The molecule has 0 unspecified atom stereocenters. The molecule has 0 bridgehead atoms. The number of rotatable bonds is 4. The molecule has 1 saturated carbocycles. The molecule has 2 N–H and O–H groups in total. The Labute approximate surface area is 103 Å². The zero-order valence-corrected chi connectivity index (χ0v) is 10.9. The molecule has 0 heterocycles. The number of nitrogens with two attached hydrogens (primary N) is 1. The third kappa shape index (κ3) is 1.78. The standard InChI is InChI=1S/C14H21NO2/c1-10-11(14(9-15)7-4-8-14)5-6-12(16-2)13(10)17-3/h5-6H,4,7-9,15H2,1-3H3. The third-order valence-corrected chi connectivity index (χ3v) is 4.07. The van der Waals surface area contributed by atoms with Gasteiger partial charge in [0.05, 0.1) is 14.2 Å². The first-order chi connectivity index (χ1) is 8.18. The summed E-state index contributed by atoms with van der Waals surface area (Å²) in [7, 11) is 3.35. The fourth-order valence-corrected chi connectivity index (χ4v) is 2.84. The van der Waals surface area contributed by atoms with Crippen molar-refractivity contribution in [2.45, 2.75) is 31.6 Å². The molecule has 1 aliphatic rings. The van der Waals surface area contributed by atoms with Crippen LogP contribution in [0, 0.1) is 6.92 Å². The van der Waals surface area contributed by atoms with Crippen LogP contribution in [0.5, 0.6) is 11.5 Å². The molecule has 1 aromatic rings. The van der Waals surface area contributed by atoms with Crippen LogP contribution in [0.4, 0.5) is 0 Å². The molecule has 94 valence electrons. The van der Waals surface area contributed by atoms with E-state index in [0.29, 0.717) is 6.54 Å². The van der Waals surface area contributed by atoms with E-state index >= 15 is 0 Å². The van der Waals surface area contributed by atoms with Gasteiger partial charge in [-0.2, -0.15) is 0 Å². The summed E-state index contributed by atoms with van der Waals surface area (Å²) < 4.78 is 10.8. The second kappa shape index (κ2) is 4.57. The number of hydrogen-bond donors (Lipinski definition) is 1. The maximum atomic E-state index is 5.96. The van der Waals surface area contributed by atoms with E-state index in [-0.39, 0.29) is 5.41 Å². The zero-order valence-electron chi connectivity index (χ0n) is 10.9. The van der Waals surface area contributed by atoms with Crippen LogP contribution in [0.2, 0.25) is 0 Å². The van der Waals surface area contributed by atoms with Crippen LogP contribution in [0.1, 0.15) is 30.4 Å². The number of hydrogen-bond acceptors (Lipinski definition) is 3. The van der Waals surface area contributed by atoms with Crippen molar-refractivity contribution in [2.75, 3.05) is 20.8 Å². The van der Waals surface area contributed by atoms with Gasteiger partial charge in [-0.25, -0.2) is 0 Å². The van der Waals surface area contributed by atoms with Crippen LogP contribution in [0.15, 0.2) is 12.1 Å². The second-order valence-corrected chi connectivity index (χ2v) is 4.81. The molecular formula is C14H21NO2. The second-order valence-electron chi connectivity index (χ2n) is 4.81.